The van der Waals surface area contributed by atoms with Crippen molar-refractivity contribution >= 4 is 12.2 Å². The van der Waals surface area contributed by atoms with Gasteiger partial charge in [0, 0.05) is 0 Å². The molecule has 8 heteroatoms. The standard InChI is InChI=1S/C11H12N2O5S/c1-4-5(10-12-13-11(19)18-10)2-7(17-4)9-8(15)6(14)3-16-9/h2,6,8-9,14-15H,3H2,1H3,(H,13,19)/t6-,8-,9+/m1/s1. The topological polar surface area (TPSA) is 105 Å². The van der Waals surface area contributed by atoms with E-state index < -0.39 is 18.3 Å². The molecule has 3 heterocycles. The zero-order valence-electron chi connectivity index (χ0n) is 9.99. The molecule has 102 valence electrons. The lowest BCUT2D eigenvalue weighted by atomic mass is 10.1. The van der Waals surface area contributed by atoms with Crippen molar-refractivity contribution in [2.24, 2.45) is 0 Å². The highest BCUT2D eigenvalue weighted by Gasteiger charge is 2.38. The Morgan fingerprint density at radius 1 is 1.42 bits per heavy atom. The maximum absolute atomic E-state index is 9.79. The predicted molar refractivity (Wildman–Crippen MR) is 64.8 cm³/mol. The van der Waals surface area contributed by atoms with Gasteiger partial charge in [-0.3, -0.25) is 0 Å². The number of H-pyrrole nitrogens is 1. The minimum absolute atomic E-state index is 0.0734. The summed E-state index contributed by atoms with van der Waals surface area (Å²) >= 11 is 4.81. The van der Waals surface area contributed by atoms with Crippen LogP contribution in [0, 0.1) is 11.8 Å². The van der Waals surface area contributed by atoms with Crippen LogP contribution in [0.5, 0.6) is 0 Å². The molecule has 0 saturated carbocycles. The first-order chi connectivity index (χ1) is 9.06. The van der Waals surface area contributed by atoms with Crippen LogP contribution in [0.1, 0.15) is 17.6 Å². The van der Waals surface area contributed by atoms with Crippen molar-refractivity contribution in [2.45, 2.75) is 25.2 Å². The molecule has 0 aliphatic carbocycles. The zero-order valence-corrected chi connectivity index (χ0v) is 10.8. The minimum atomic E-state index is -1.01. The average molecular weight is 284 g/mol. The number of rotatable bonds is 2. The van der Waals surface area contributed by atoms with E-state index in [1.807, 2.05) is 0 Å². The first-order valence-corrected chi connectivity index (χ1v) is 6.11. The number of hydrogen-bond donors (Lipinski definition) is 3. The third-order valence-corrected chi connectivity index (χ3v) is 3.21. The smallest absolute Gasteiger partial charge is 0.284 e. The van der Waals surface area contributed by atoms with Gasteiger partial charge in [0.2, 0.25) is 5.89 Å². The average Bonchev–Trinajstić information content (AvgIpc) is 3.02. The van der Waals surface area contributed by atoms with Gasteiger partial charge in [-0.25, -0.2) is 5.10 Å². The summed E-state index contributed by atoms with van der Waals surface area (Å²) in [6.07, 6.45) is -2.61. The normalized spacial score (nSPS) is 27.0. The predicted octanol–water partition coefficient (Wildman–Crippen LogP) is 1.09. The second-order valence-corrected chi connectivity index (χ2v) is 4.72. The largest absolute Gasteiger partial charge is 0.463 e. The first-order valence-electron chi connectivity index (χ1n) is 5.70. The molecule has 0 bridgehead atoms. The van der Waals surface area contributed by atoms with E-state index in [0.29, 0.717) is 23.0 Å². The number of aryl methyl sites for hydroxylation is 1. The Hall–Kier alpha value is -1.48. The quantitative estimate of drug-likeness (QED) is 0.709. The lowest BCUT2D eigenvalue weighted by Gasteiger charge is -2.11. The molecule has 1 fully saturated rings. The van der Waals surface area contributed by atoms with Gasteiger partial charge < -0.3 is 23.8 Å². The molecular formula is C11H12N2O5S. The van der Waals surface area contributed by atoms with E-state index in [1.54, 1.807) is 13.0 Å². The van der Waals surface area contributed by atoms with Crippen LogP contribution in [-0.4, -0.2) is 39.2 Å². The van der Waals surface area contributed by atoms with Crippen molar-refractivity contribution in [3.05, 3.63) is 22.4 Å². The maximum atomic E-state index is 9.79. The molecule has 0 radical (unpaired) electrons. The molecule has 0 aromatic carbocycles. The van der Waals surface area contributed by atoms with Crippen molar-refractivity contribution in [1.29, 1.82) is 0 Å². The third-order valence-electron chi connectivity index (χ3n) is 3.04. The number of aromatic amines is 1. The number of hydrogen-bond acceptors (Lipinski definition) is 7. The minimum Gasteiger partial charge on any atom is -0.463 e. The zero-order chi connectivity index (χ0) is 13.6. The first kappa shape index (κ1) is 12.5. The van der Waals surface area contributed by atoms with E-state index in [2.05, 4.69) is 10.2 Å². The van der Waals surface area contributed by atoms with Crippen molar-refractivity contribution in [3.63, 3.8) is 0 Å². The van der Waals surface area contributed by atoms with Gasteiger partial charge >= 0.3 is 0 Å². The second kappa shape index (κ2) is 4.57. The number of nitrogens with one attached hydrogen (secondary N) is 1. The van der Waals surface area contributed by atoms with Gasteiger partial charge in [-0.05, 0) is 25.2 Å². The van der Waals surface area contributed by atoms with Crippen molar-refractivity contribution < 1.29 is 23.8 Å². The SMILES string of the molecule is Cc1oc([C@@H]2OC[C@@H](O)[C@H]2O)cc1-c1n[nH]c(=S)o1. The molecule has 3 N–H and O–H groups in total. The van der Waals surface area contributed by atoms with Crippen LogP contribution >= 0.6 is 12.2 Å². The summed E-state index contributed by atoms with van der Waals surface area (Å²) in [7, 11) is 0. The third kappa shape index (κ3) is 2.12. The molecule has 3 rings (SSSR count). The fourth-order valence-electron chi connectivity index (χ4n) is 2.05. The fourth-order valence-corrected chi connectivity index (χ4v) is 2.18. The fraction of sp³-hybridized carbons (Fsp3) is 0.455. The number of nitrogens with zero attached hydrogens (tertiary/aromatic N) is 1. The number of ether oxygens (including phenoxy) is 1. The molecular weight excluding hydrogens is 272 g/mol. The van der Waals surface area contributed by atoms with Gasteiger partial charge in [0.15, 0.2) is 0 Å². The van der Waals surface area contributed by atoms with Gasteiger partial charge in [-0.15, -0.1) is 5.10 Å². The summed E-state index contributed by atoms with van der Waals surface area (Å²) in [4.78, 5) is 0.171. The Bertz CT molecular complexity index is 646. The lowest BCUT2D eigenvalue weighted by Crippen LogP contribution is -2.24. The highest BCUT2D eigenvalue weighted by Crippen LogP contribution is 2.34. The van der Waals surface area contributed by atoms with Gasteiger partial charge in [0.05, 0.1) is 12.2 Å². The van der Waals surface area contributed by atoms with E-state index in [4.69, 9.17) is 25.8 Å². The van der Waals surface area contributed by atoms with Crippen LogP contribution in [0.2, 0.25) is 0 Å². The van der Waals surface area contributed by atoms with Gasteiger partial charge in [0.1, 0.15) is 29.8 Å². The van der Waals surface area contributed by atoms with E-state index in [9.17, 15) is 10.2 Å². The Labute approximate surface area is 112 Å². The van der Waals surface area contributed by atoms with Crippen molar-refractivity contribution in [2.75, 3.05) is 6.61 Å². The van der Waals surface area contributed by atoms with E-state index in [-0.39, 0.29) is 11.4 Å². The molecule has 1 aliphatic rings. The Kier molecular flexibility index (Phi) is 3.02. The molecule has 7 nitrogen and oxygen atoms in total. The molecule has 0 unspecified atom stereocenters. The Balaban J connectivity index is 1.96. The van der Waals surface area contributed by atoms with Crippen LogP contribution < -0.4 is 0 Å². The van der Waals surface area contributed by atoms with Gasteiger partial charge in [-0.1, -0.05) is 0 Å². The van der Waals surface area contributed by atoms with Gasteiger partial charge in [0.25, 0.3) is 4.84 Å². The van der Waals surface area contributed by atoms with E-state index in [1.165, 1.54) is 0 Å². The summed E-state index contributed by atoms with van der Waals surface area (Å²) < 4.78 is 16.0. The van der Waals surface area contributed by atoms with Crippen LogP contribution in [-0.2, 0) is 4.74 Å². The number of aliphatic hydroxyl groups is 2. The maximum Gasteiger partial charge on any atom is 0.284 e. The molecule has 0 amide bonds. The molecule has 19 heavy (non-hydrogen) atoms. The van der Waals surface area contributed by atoms with Crippen LogP contribution in [0.25, 0.3) is 11.5 Å². The monoisotopic (exact) mass is 284 g/mol. The van der Waals surface area contributed by atoms with E-state index >= 15 is 0 Å². The molecule has 1 aliphatic heterocycles. The number of aliphatic hydroxyl groups excluding tert-OH is 2. The van der Waals surface area contributed by atoms with E-state index in [0.717, 1.165) is 0 Å². The summed E-state index contributed by atoms with van der Waals surface area (Å²) in [5, 5.41) is 25.7. The molecule has 2 aromatic rings. The second-order valence-electron chi connectivity index (χ2n) is 4.35. The van der Waals surface area contributed by atoms with Crippen molar-refractivity contribution in [3.8, 4) is 11.5 Å². The molecule has 3 atom stereocenters. The summed E-state index contributed by atoms with van der Waals surface area (Å²) in [6, 6.07) is 1.66. The Morgan fingerprint density at radius 2 is 2.21 bits per heavy atom. The van der Waals surface area contributed by atoms with Crippen molar-refractivity contribution in [1.82, 2.24) is 10.2 Å². The number of furan rings is 1. The molecule has 1 saturated heterocycles. The summed E-state index contributed by atoms with van der Waals surface area (Å²) in [5.41, 5.74) is 0.625. The number of aromatic nitrogens is 2. The molecule has 2 aromatic heterocycles. The highest BCUT2D eigenvalue weighted by molar-refractivity contribution is 7.71. The Morgan fingerprint density at radius 3 is 2.79 bits per heavy atom. The van der Waals surface area contributed by atoms with Crippen LogP contribution in [0.3, 0.4) is 0 Å². The lowest BCUT2D eigenvalue weighted by molar-refractivity contribution is 0.0117. The van der Waals surface area contributed by atoms with Crippen LogP contribution in [0.15, 0.2) is 14.9 Å². The van der Waals surface area contributed by atoms with Crippen LogP contribution in [0.4, 0.5) is 0 Å². The van der Waals surface area contributed by atoms with Gasteiger partial charge in [-0.2, -0.15) is 0 Å². The summed E-state index contributed by atoms with van der Waals surface area (Å²) in [5.74, 6) is 1.30. The summed E-state index contributed by atoms with van der Waals surface area (Å²) in [6.45, 7) is 1.81. The molecule has 0 spiro atoms. The highest BCUT2D eigenvalue weighted by atomic mass is 32.1.